The molecule has 0 unspecified atom stereocenters. The van der Waals surface area contributed by atoms with E-state index in [1.165, 1.54) is 5.56 Å². The van der Waals surface area contributed by atoms with Crippen molar-refractivity contribution < 1.29 is 19.1 Å². The summed E-state index contributed by atoms with van der Waals surface area (Å²) in [7, 11) is 0. The average Bonchev–Trinajstić information content (AvgIpc) is 2.37. The number of Topliss-reactive ketones (excluding diaryl/α,β-unsaturated/α-hetero) is 1. The van der Waals surface area contributed by atoms with Gasteiger partial charge in [-0.25, -0.2) is 0 Å². The third-order valence-corrected chi connectivity index (χ3v) is 2.59. The molecule has 0 bridgehead atoms. The van der Waals surface area contributed by atoms with Crippen LogP contribution in [0.15, 0.2) is 24.3 Å². The van der Waals surface area contributed by atoms with Gasteiger partial charge in [-0.05, 0) is 30.5 Å². The molecule has 4 heteroatoms. The number of carbonyl (C=O) groups is 2. The van der Waals surface area contributed by atoms with Crippen molar-refractivity contribution in [2.45, 2.75) is 33.1 Å². The van der Waals surface area contributed by atoms with Gasteiger partial charge in [0.1, 0.15) is 18.8 Å². The van der Waals surface area contributed by atoms with Crippen molar-refractivity contribution in [2.75, 3.05) is 13.2 Å². The standard InChI is InChI=1S/C15H20O4/c1-4-18-15(17)9-13(16)10-19-14-7-5-12(6-8-14)11(2)3/h5-8,11H,4,9-10H2,1-3H3. The minimum absolute atomic E-state index is 0.111. The first kappa shape index (κ1) is 15.2. The summed E-state index contributed by atoms with van der Waals surface area (Å²) in [5.41, 5.74) is 1.21. The van der Waals surface area contributed by atoms with Crippen LogP contribution < -0.4 is 4.74 Å². The Balaban J connectivity index is 2.39. The van der Waals surface area contributed by atoms with Gasteiger partial charge in [0.15, 0.2) is 5.78 Å². The van der Waals surface area contributed by atoms with Crippen LogP contribution in [0.2, 0.25) is 0 Å². The maximum atomic E-state index is 11.5. The summed E-state index contributed by atoms with van der Waals surface area (Å²) < 4.78 is 10.0. The Morgan fingerprint density at radius 3 is 2.32 bits per heavy atom. The number of hydrogen-bond acceptors (Lipinski definition) is 4. The molecule has 19 heavy (non-hydrogen) atoms. The van der Waals surface area contributed by atoms with Crippen molar-refractivity contribution in [1.82, 2.24) is 0 Å². The fraction of sp³-hybridized carbons (Fsp3) is 0.467. The van der Waals surface area contributed by atoms with Gasteiger partial charge in [-0.3, -0.25) is 9.59 Å². The van der Waals surface area contributed by atoms with Crippen LogP contribution >= 0.6 is 0 Å². The second-order valence-electron chi connectivity index (χ2n) is 4.53. The maximum Gasteiger partial charge on any atom is 0.313 e. The molecule has 1 aromatic carbocycles. The molecule has 104 valence electrons. The van der Waals surface area contributed by atoms with Crippen LogP contribution in [-0.2, 0) is 14.3 Å². The Bertz CT molecular complexity index is 420. The van der Waals surface area contributed by atoms with E-state index in [0.29, 0.717) is 11.7 Å². The SMILES string of the molecule is CCOC(=O)CC(=O)COc1ccc(C(C)C)cc1. The lowest BCUT2D eigenvalue weighted by molar-refractivity contribution is -0.145. The second kappa shape index (κ2) is 7.56. The van der Waals surface area contributed by atoms with E-state index in [0.717, 1.165) is 0 Å². The van der Waals surface area contributed by atoms with E-state index in [1.54, 1.807) is 6.92 Å². The summed E-state index contributed by atoms with van der Waals surface area (Å²) in [5, 5.41) is 0. The van der Waals surface area contributed by atoms with Gasteiger partial charge in [-0.1, -0.05) is 26.0 Å². The van der Waals surface area contributed by atoms with E-state index >= 15 is 0 Å². The van der Waals surface area contributed by atoms with E-state index in [1.807, 2.05) is 24.3 Å². The highest BCUT2D eigenvalue weighted by Crippen LogP contribution is 2.18. The zero-order valence-electron chi connectivity index (χ0n) is 11.6. The van der Waals surface area contributed by atoms with Gasteiger partial charge in [-0.15, -0.1) is 0 Å². The van der Waals surface area contributed by atoms with Crippen LogP contribution in [0.5, 0.6) is 5.75 Å². The summed E-state index contributed by atoms with van der Waals surface area (Å²) >= 11 is 0. The van der Waals surface area contributed by atoms with Crippen LogP contribution in [0.25, 0.3) is 0 Å². The quantitative estimate of drug-likeness (QED) is 0.561. The van der Waals surface area contributed by atoms with Crippen LogP contribution in [0.1, 0.15) is 38.7 Å². The van der Waals surface area contributed by atoms with Gasteiger partial charge in [0, 0.05) is 0 Å². The Hall–Kier alpha value is -1.84. The first-order valence-electron chi connectivity index (χ1n) is 6.43. The van der Waals surface area contributed by atoms with Crippen molar-refractivity contribution in [3.05, 3.63) is 29.8 Å². The summed E-state index contributed by atoms with van der Waals surface area (Å²) in [6, 6.07) is 7.59. The largest absolute Gasteiger partial charge is 0.486 e. The molecule has 0 aliphatic carbocycles. The molecule has 4 nitrogen and oxygen atoms in total. The molecule has 0 radical (unpaired) electrons. The molecule has 0 saturated carbocycles. The molecule has 0 amide bonds. The van der Waals surface area contributed by atoms with Gasteiger partial charge >= 0.3 is 5.97 Å². The maximum absolute atomic E-state index is 11.5. The minimum atomic E-state index is -0.508. The molecule has 0 aliphatic heterocycles. The molecule has 0 N–H and O–H groups in total. The van der Waals surface area contributed by atoms with Crippen molar-refractivity contribution in [1.29, 1.82) is 0 Å². The summed E-state index contributed by atoms with van der Waals surface area (Å²) in [5.74, 6) is 0.291. The number of ether oxygens (including phenoxy) is 2. The van der Waals surface area contributed by atoms with Crippen molar-refractivity contribution in [3.8, 4) is 5.75 Å². The lowest BCUT2D eigenvalue weighted by Gasteiger charge is -2.08. The molecule has 1 rings (SSSR count). The van der Waals surface area contributed by atoms with Gasteiger partial charge in [0.05, 0.1) is 6.61 Å². The average molecular weight is 264 g/mol. The third-order valence-electron chi connectivity index (χ3n) is 2.59. The van der Waals surface area contributed by atoms with Crippen LogP contribution in [0.3, 0.4) is 0 Å². The molecule has 1 aromatic rings. The first-order chi connectivity index (χ1) is 9.02. The van der Waals surface area contributed by atoms with E-state index in [2.05, 4.69) is 13.8 Å². The Kier molecular flexibility index (Phi) is 6.06. The highest BCUT2D eigenvalue weighted by Gasteiger charge is 2.11. The zero-order valence-corrected chi connectivity index (χ0v) is 11.6. The number of benzene rings is 1. The van der Waals surface area contributed by atoms with Gasteiger partial charge in [-0.2, -0.15) is 0 Å². The normalized spacial score (nSPS) is 10.3. The fourth-order valence-electron chi connectivity index (χ4n) is 1.54. The molecule has 0 atom stereocenters. The van der Waals surface area contributed by atoms with Crippen LogP contribution in [0, 0.1) is 0 Å². The highest BCUT2D eigenvalue weighted by atomic mass is 16.5. The first-order valence-corrected chi connectivity index (χ1v) is 6.43. The molecular weight excluding hydrogens is 244 g/mol. The number of rotatable bonds is 7. The number of hydrogen-bond donors (Lipinski definition) is 0. The molecular formula is C15H20O4. The Morgan fingerprint density at radius 2 is 1.79 bits per heavy atom. The van der Waals surface area contributed by atoms with Gasteiger partial charge < -0.3 is 9.47 Å². The number of ketones is 1. The highest BCUT2D eigenvalue weighted by molar-refractivity contribution is 5.96. The van der Waals surface area contributed by atoms with Crippen LogP contribution in [0.4, 0.5) is 0 Å². The monoisotopic (exact) mass is 264 g/mol. The predicted octanol–water partition coefficient (Wildman–Crippen LogP) is 2.71. The molecule has 0 aliphatic rings. The molecule has 0 aromatic heterocycles. The molecule has 0 saturated heterocycles. The van der Waals surface area contributed by atoms with Gasteiger partial charge in [0.25, 0.3) is 0 Å². The Morgan fingerprint density at radius 1 is 1.16 bits per heavy atom. The van der Waals surface area contributed by atoms with Crippen molar-refractivity contribution in [3.63, 3.8) is 0 Å². The lowest BCUT2D eigenvalue weighted by atomic mass is 10.0. The number of carbonyl (C=O) groups excluding carboxylic acids is 2. The van der Waals surface area contributed by atoms with E-state index < -0.39 is 5.97 Å². The minimum Gasteiger partial charge on any atom is -0.486 e. The Labute approximate surface area is 113 Å². The second-order valence-corrected chi connectivity index (χ2v) is 4.53. The molecule has 0 fully saturated rings. The molecule has 0 heterocycles. The van der Waals surface area contributed by atoms with Crippen molar-refractivity contribution >= 4 is 11.8 Å². The topological polar surface area (TPSA) is 52.6 Å². The lowest BCUT2D eigenvalue weighted by Crippen LogP contribution is -2.17. The fourth-order valence-corrected chi connectivity index (χ4v) is 1.54. The van der Waals surface area contributed by atoms with Crippen LogP contribution in [-0.4, -0.2) is 25.0 Å². The third kappa shape index (κ3) is 5.55. The summed E-state index contributed by atoms with van der Waals surface area (Å²) in [6.07, 6.45) is -0.238. The van der Waals surface area contributed by atoms with E-state index in [4.69, 9.17) is 9.47 Å². The van der Waals surface area contributed by atoms with E-state index in [9.17, 15) is 9.59 Å². The summed E-state index contributed by atoms with van der Waals surface area (Å²) in [4.78, 5) is 22.5. The predicted molar refractivity (Wildman–Crippen MR) is 72.3 cm³/mol. The zero-order chi connectivity index (χ0) is 14.3. The summed E-state index contributed by atoms with van der Waals surface area (Å²) in [6.45, 7) is 6.09. The number of esters is 1. The van der Waals surface area contributed by atoms with E-state index in [-0.39, 0.29) is 25.4 Å². The van der Waals surface area contributed by atoms with Gasteiger partial charge in [0.2, 0.25) is 0 Å². The smallest absolute Gasteiger partial charge is 0.313 e. The van der Waals surface area contributed by atoms with Crippen molar-refractivity contribution in [2.24, 2.45) is 0 Å². The molecule has 0 spiro atoms.